The molecule has 1 aliphatic heterocycles. The minimum absolute atomic E-state index is 0.0657. The van der Waals surface area contributed by atoms with E-state index >= 15 is 0 Å². The van der Waals surface area contributed by atoms with Crippen LogP contribution in [0.2, 0.25) is 0 Å². The standard InChI is InChI=1S/C11H14F2N2/c12-11(13)4-6-15-5-3-8-7-9(14)1-2-10(8)15/h1-2,7,11H,3-6,14H2. The Kier molecular flexibility index (Phi) is 2.75. The van der Waals surface area contributed by atoms with Crippen LogP contribution in [0.25, 0.3) is 0 Å². The van der Waals surface area contributed by atoms with E-state index in [9.17, 15) is 8.78 Å². The Hall–Kier alpha value is -1.32. The Morgan fingerprint density at radius 1 is 1.40 bits per heavy atom. The monoisotopic (exact) mass is 212 g/mol. The van der Waals surface area contributed by atoms with E-state index in [1.54, 1.807) is 0 Å². The number of benzene rings is 1. The van der Waals surface area contributed by atoms with E-state index in [4.69, 9.17) is 5.73 Å². The first-order valence-corrected chi connectivity index (χ1v) is 5.08. The minimum Gasteiger partial charge on any atom is -0.399 e. The third-order valence-corrected chi connectivity index (χ3v) is 2.71. The van der Waals surface area contributed by atoms with Crippen LogP contribution in [0.15, 0.2) is 18.2 Å². The fourth-order valence-electron chi connectivity index (χ4n) is 1.98. The number of nitrogen functional groups attached to an aromatic ring is 1. The van der Waals surface area contributed by atoms with Crippen molar-refractivity contribution in [3.63, 3.8) is 0 Å². The molecule has 0 aliphatic carbocycles. The lowest BCUT2D eigenvalue weighted by atomic mass is 10.1. The number of nitrogens with zero attached hydrogens (tertiary/aromatic N) is 1. The summed E-state index contributed by atoms with van der Waals surface area (Å²) in [5.41, 5.74) is 8.63. The molecule has 0 radical (unpaired) electrons. The number of alkyl halides is 2. The van der Waals surface area contributed by atoms with E-state index in [0.29, 0.717) is 6.54 Å². The number of hydrogen-bond donors (Lipinski definition) is 1. The Morgan fingerprint density at radius 2 is 2.20 bits per heavy atom. The van der Waals surface area contributed by atoms with Gasteiger partial charge in [-0.15, -0.1) is 0 Å². The second-order valence-electron chi connectivity index (χ2n) is 3.80. The van der Waals surface area contributed by atoms with Gasteiger partial charge in [0.2, 0.25) is 6.43 Å². The summed E-state index contributed by atoms with van der Waals surface area (Å²) in [7, 11) is 0. The summed E-state index contributed by atoms with van der Waals surface area (Å²) in [6, 6.07) is 5.67. The molecule has 0 unspecified atom stereocenters. The molecule has 0 saturated heterocycles. The summed E-state index contributed by atoms with van der Waals surface area (Å²) in [6.07, 6.45) is -1.38. The summed E-state index contributed by atoms with van der Waals surface area (Å²) in [5.74, 6) is 0. The second-order valence-corrected chi connectivity index (χ2v) is 3.80. The molecule has 1 aromatic carbocycles. The molecule has 4 heteroatoms. The maximum Gasteiger partial charge on any atom is 0.240 e. The Labute approximate surface area is 87.7 Å². The third kappa shape index (κ3) is 2.19. The van der Waals surface area contributed by atoms with Crippen LogP contribution < -0.4 is 10.6 Å². The summed E-state index contributed by atoms with van der Waals surface area (Å²) in [4.78, 5) is 2.00. The molecule has 2 nitrogen and oxygen atoms in total. The summed E-state index contributed by atoms with van der Waals surface area (Å²) >= 11 is 0. The Bertz CT molecular complexity index is 352. The quantitative estimate of drug-likeness (QED) is 0.779. The first-order chi connectivity index (χ1) is 7.16. The zero-order chi connectivity index (χ0) is 10.8. The molecular formula is C11H14F2N2. The number of nitrogens with two attached hydrogens (primary N) is 1. The first-order valence-electron chi connectivity index (χ1n) is 5.08. The SMILES string of the molecule is Nc1ccc2c(c1)CCN2CCC(F)F. The lowest BCUT2D eigenvalue weighted by Gasteiger charge is -2.18. The van der Waals surface area contributed by atoms with Gasteiger partial charge in [0.15, 0.2) is 0 Å². The molecule has 0 aromatic heterocycles. The van der Waals surface area contributed by atoms with Crippen molar-refractivity contribution in [2.24, 2.45) is 0 Å². The number of anilines is 2. The van der Waals surface area contributed by atoms with Crippen LogP contribution in [0.4, 0.5) is 20.2 Å². The molecule has 0 spiro atoms. The predicted molar refractivity (Wildman–Crippen MR) is 57.4 cm³/mol. The largest absolute Gasteiger partial charge is 0.399 e. The van der Waals surface area contributed by atoms with Crippen molar-refractivity contribution in [3.05, 3.63) is 23.8 Å². The normalized spacial score (nSPS) is 14.7. The highest BCUT2D eigenvalue weighted by molar-refractivity contribution is 5.62. The van der Waals surface area contributed by atoms with Crippen molar-refractivity contribution in [2.75, 3.05) is 23.7 Å². The fourth-order valence-corrected chi connectivity index (χ4v) is 1.98. The van der Waals surface area contributed by atoms with Crippen molar-refractivity contribution in [2.45, 2.75) is 19.3 Å². The van der Waals surface area contributed by atoms with E-state index in [0.717, 1.165) is 24.3 Å². The zero-order valence-corrected chi connectivity index (χ0v) is 8.42. The molecule has 0 amide bonds. The average molecular weight is 212 g/mol. The van der Waals surface area contributed by atoms with Crippen LogP contribution in [-0.2, 0) is 6.42 Å². The molecule has 2 N–H and O–H groups in total. The summed E-state index contributed by atoms with van der Waals surface area (Å²) < 4.78 is 24.2. The van der Waals surface area contributed by atoms with Crippen LogP contribution >= 0.6 is 0 Å². The smallest absolute Gasteiger partial charge is 0.240 e. The van der Waals surface area contributed by atoms with Gasteiger partial charge in [-0.3, -0.25) is 0 Å². The van der Waals surface area contributed by atoms with Crippen molar-refractivity contribution in [1.82, 2.24) is 0 Å². The van der Waals surface area contributed by atoms with E-state index in [2.05, 4.69) is 0 Å². The molecule has 0 bridgehead atoms. The van der Waals surface area contributed by atoms with Crippen molar-refractivity contribution in [1.29, 1.82) is 0 Å². The summed E-state index contributed by atoms with van der Waals surface area (Å²) in [6.45, 7) is 1.25. The molecule has 1 aromatic rings. The highest BCUT2D eigenvalue weighted by Crippen LogP contribution is 2.29. The second kappa shape index (κ2) is 4.04. The van der Waals surface area contributed by atoms with Crippen LogP contribution in [0, 0.1) is 0 Å². The minimum atomic E-state index is -2.22. The van der Waals surface area contributed by atoms with Gasteiger partial charge < -0.3 is 10.6 Å². The van der Waals surface area contributed by atoms with Crippen LogP contribution in [0.3, 0.4) is 0 Å². The number of halogens is 2. The van der Waals surface area contributed by atoms with E-state index in [1.165, 1.54) is 5.56 Å². The Morgan fingerprint density at radius 3 is 2.93 bits per heavy atom. The first kappa shape index (κ1) is 10.2. The van der Waals surface area contributed by atoms with Gasteiger partial charge in [0.05, 0.1) is 0 Å². The van der Waals surface area contributed by atoms with Crippen molar-refractivity contribution >= 4 is 11.4 Å². The van der Waals surface area contributed by atoms with Gasteiger partial charge >= 0.3 is 0 Å². The summed E-state index contributed by atoms with van der Waals surface area (Å²) in [5, 5.41) is 0. The lowest BCUT2D eigenvalue weighted by Crippen LogP contribution is -2.23. The van der Waals surface area contributed by atoms with E-state index in [1.807, 2.05) is 23.1 Å². The number of rotatable bonds is 3. The molecule has 1 heterocycles. The topological polar surface area (TPSA) is 29.3 Å². The maximum atomic E-state index is 12.1. The van der Waals surface area contributed by atoms with Crippen molar-refractivity contribution < 1.29 is 8.78 Å². The highest BCUT2D eigenvalue weighted by atomic mass is 19.3. The van der Waals surface area contributed by atoms with Crippen LogP contribution in [0.5, 0.6) is 0 Å². The highest BCUT2D eigenvalue weighted by Gasteiger charge is 2.19. The van der Waals surface area contributed by atoms with Gasteiger partial charge in [0, 0.05) is 30.9 Å². The fraction of sp³-hybridized carbons (Fsp3) is 0.455. The zero-order valence-electron chi connectivity index (χ0n) is 8.42. The molecule has 0 saturated carbocycles. The van der Waals surface area contributed by atoms with Crippen molar-refractivity contribution in [3.8, 4) is 0 Å². The predicted octanol–water partition coefficient (Wildman–Crippen LogP) is 2.29. The van der Waals surface area contributed by atoms with Gasteiger partial charge in [-0.25, -0.2) is 8.78 Å². The maximum absolute atomic E-state index is 12.1. The average Bonchev–Trinajstić information content (AvgIpc) is 2.57. The van der Waals surface area contributed by atoms with Gasteiger partial charge in [-0.2, -0.15) is 0 Å². The van der Waals surface area contributed by atoms with Gasteiger partial charge in [0.25, 0.3) is 0 Å². The molecule has 1 aliphatic rings. The number of fused-ring (bicyclic) bond motifs is 1. The Balaban J connectivity index is 2.08. The van der Waals surface area contributed by atoms with Crippen LogP contribution in [-0.4, -0.2) is 19.5 Å². The van der Waals surface area contributed by atoms with Gasteiger partial charge in [0.1, 0.15) is 0 Å². The third-order valence-electron chi connectivity index (χ3n) is 2.71. The van der Waals surface area contributed by atoms with Gasteiger partial charge in [-0.1, -0.05) is 0 Å². The number of hydrogen-bond acceptors (Lipinski definition) is 2. The van der Waals surface area contributed by atoms with E-state index < -0.39 is 6.43 Å². The molecule has 82 valence electrons. The molecule has 15 heavy (non-hydrogen) atoms. The van der Waals surface area contributed by atoms with Crippen LogP contribution in [0.1, 0.15) is 12.0 Å². The molecular weight excluding hydrogens is 198 g/mol. The van der Waals surface area contributed by atoms with Gasteiger partial charge in [-0.05, 0) is 30.2 Å². The lowest BCUT2D eigenvalue weighted by molar-refractivity contribution is 0.140. The molecule has 0 atom stereocenters. The molecule has 2 rings (SSSR count). The van der Waals surface area contributed by atoms with E-state index in [-0.39, 0.29) is 6.42 Å². The molecule has 0 fully saturated rings.